The first-order valence-electron chi connectivity index (χ1n) is 5.35. The number of imidazole rings is 1. The molecule has 0 unspecified atom stereocenters. The minimum absolute atomic E-state index is 0.0542. The fraction of sp³-hybridized carbons (Fsp3) is 0.300. The number of rotatable bonds is 4. The Kier molecular flexibility index (Phi) is 3.83. The lowest BCUT2D eigenvalue weighted by molar-refractivity contribution is 0.577. The molecule has 1 N–H and O–H groups in total. The molecule has 0 saturated carbocycles. The van der Waals surface area contributed by atoms with Crippen molar-refractivity contribution in [1.29, 1.82) is 0 Å². The lowest BCUT2D eigenvalue weighted by Crippen LogP contribution is -2.24. The van der Waals surface area contributed by atoms with Gasteiger partial charge in [0.1, 0.15) is 11.0 Å². The second-order valence-corrected chi connectivity index (χ2v) is 5.91. The molecular weight excluding hydrogens is 290 g/mol. The van der Waals surface area contributed by atoms with E-state index >= 15 is 0 Å². The maximum atomic E-state index is 12.0. The molecular formula is C10H12ClN5O2S. The molecule has 0 aliphatic heterocycles. The number of nitrogens with one attached hydrogen (secondary N) is 1. The molecule has 2 rings (SSSR count). The van der Waals surface area contributed by atoms with Gasteiger partial charge in [-0.25, -0.2) is 28.1 Å². The van der Waals surface area contributed by atoms with E-state index in [0.29, 0.717) is 11.5 Å². The van der Waals surface area contributed by atoms with Crippen molar-refractivity contribution in [2.45, 2.75) is 18.5 Å². The highest BCUT2D eigenvalue weighted by atomic mass is 35.5. The van der Waals surface area contributed by atoms with Crippen LogP contribution in [0.1, 0.15) is 11.5 Å². The molecule has 0 amide bonds. The Labute approximate surface area is 115 Å². The number of halogens is 1. The summed E-state index contributed by atoms with van der Waals surface area (Å²) < 4.78 is 27.8. The zero-order valence-corrected chi connectivity index (χ0v) is 11.9. The third-order valence-corrected chi connectivity index (χ3v) is 4.26. The summed E-state index contributed by atoms with van der Waals surface area (Å²) in [6, 6.07) is 1.63. The van der Waals surface area contributed by atoms with Crippen LogP contribution in [0.5, 0.6) is 0 Å². The third-order valence-electron chi connectivity index (χ3n) is 2.37. The first kappa shape index (κ1) is 13.9. The van der Waals surface area contributed by atoms with E-state index in [1.165, 1.54) is 10.9 Å². The first-order valence-corrected chi connectivity index (χ1v) is 7.21. The molecule has 2 aromatic heterocycles. The van der Waals surface area contributed by atoms with E-state index in [1.807, 2.05) is 0 Å². The summed E-state index contributed by atoms with van der Waals surface area (Å²) in [4.78, 5) is 11.8. The molecule has 0 aliphatic carbocycles. The van der Waals surface area contributed by atoms with E-state index in [4.69, 9.17) is 11.6 Å². The molecule has 9 heteroatoms. The van der Waals surface area contributed by atoms with Gasteiger partial charge >= 0.3 is 0 Å². The van der Waals surface area contributed by atoms with Crippen molar-refractivity contribution in [3.63, 3.8) is 0 Å². The van der Waals surface area contributed by atoms with E-state index < -0.39 is 10.0 Å². The summed E-state index contributed by atoms with van der Waals surface area (Å²) in [7, 11) is -2.14. The lowest BCUT2D eigenvalue weighted by atomic mass is 10.4. The number of nitrogens with zero attached hydrogens (tertiary/aromatic N) is 4. The van der Waals surface area contributed by atoms with Crippen molar-refractivity contribution < 1.29 is 8.42 Å². The molecule has 102 valence electrons. The Bertz CT molecular complexity index is 698. The average Bonchev–Trinajstić information content (AvgIpc) is 2.68. The van der Waals surface area contributed by atoms with Crippen LogP contribution >= 0.6 is 11.6 Å². The molecule has 0 saturated heterocycles. The van der Waals surface area contributed by atoms with Crippen LogP contribution in [0.3, 0.4) is 0 Å². The summed E-state index contributed by atoms with van der Waals surface area (Å²) in [6.07, 6.45) is 2.91. The molecule has 7 nitrogen and oxygen atoms in total. The highest BCUT2D eigenvalue weighted by Gasteiger charge is 2.22. The number of hydrogen-bond acceptors (Lipinski definition) is 5. The van der Waals surface area contributed by atoms with Gasteiger partial charge in [-0.05, 0) is 13.0 Å². The van der Waals surface area contributed by atoms with Gasteiger partial charge in [-0.15, -0.1) is 0 Å². The average molecular weight is 302 g/mol. The monoisotopic (exact) mass is 301 g/mol. The topological polar surface area (TPSA) is 89.8 Å². The highest BCUT2D eigenvalue weighted by molar-refractivity contribution is 7.89. The van der Waals surface area contributed by atoms with Gasteiger partial charge in [0.25, 0.3) is 10.0 Å². The van der Waals surface area contributed by atoms with Crippen LogP contribution in [-0.4, -0.2) is 27.9 Å². The van der Waals surface area contributed by atoms with Gasteiger partial charge in [0.15, 0.2) is 0 Å². The van der Waals surface area contributed by atoms with Gasteiger partial charge in [-0.3, -0.25) is 0 Å². The molecule has 0 atom stereocenters. The molecule has 0 aromatic carbocycles. The van der Waals surface area contributed by atoms with Gasteiger partial charge in [-0.1, -0.05) is 11.6 Å². The standard InChI is InChI=1S/C10H12ClN5O2S/c1-7-12-4-3-8(15-7)5-14-19(17,18)10-9(11)16(2)6-13-10/h3-4,6,14H,5H2,1-2H3. The number of hydrogen-bond donors (Lipinski definition) is 1. The molecule has 0 bridgehead atoms. The summed E-state index contributed by atoms with van der Waals surface area (Å²) >= 11 is 5.86. The Hall–Kier alpha value is -1.51. The van der Waals surface area contributed by atoms with E-state index in [9.17, 15) is 8.42 Å². The van der Waals surface area contributed by atoms with E-state index in [-0.39, 0.29) is 16.7 Å². The summed E-state index contributed by atoms with van der Waals surface area (Å²) in [5.74, 6) is 0.576. The van der Waals surface area contributed by atoms with E-state index in [1.54, 1.807) is 26.2 Å². The van der Waals surface area contributed by atoms with Crippen LogP contribution in [0.25, 0.3) is 0 Å². The van der Waals surface area contributed by atoms with Crippen molar-refractivity contribution in [1.82, 2.24) is 24.2 Å². The van der Waals surface area contributed by atoms with Gasteiger partial charge < -0.3 is 4.57 Å². The van der Waals surface area contributed by atoms with Crippen molar-refractivity contribution in [3.05, 3.63) is 35.3 Å². The number of aryl methyl sites for hydroxylation is 2. The summed E-state index contributed by atoms with van der Waals surface area (Å²) in [6.45, 7) is 1.78. The molecule has 0 fully saturated rings. The zero-order chi connectivity index (χ0) is 14.0. The quantitative estimate of drug-likeness (QED) is 0.895. The predicted octanol–water partition coefficient (Wildman–Crippen LogP) is 0.650. The molecule has 0 aliphatic rings. The zero-order valence-electron chi connectivity index (χ0n) is 10.3. The predicted molar refractivity (Wildman–Crippen MR) is 69.0 cm³/mol. The lowest BCUT2D eigenvalue weighted by Gasteiger charge is -2.05. The third kappa shape index (κ3) is 3.09. The summed E-state index contributed by atoms with van der Waals surface area (Å²) in [5, 5.41) is -0.131. The minimum atomic E-state index is -3.76. The van der Waals surface area contributed by atoms with Gasteiger partial charge in [0, 0.05) is 13.2 Å². The number of sulfonamides is 1. The fourth-order valence-electron chi connectivity index (χ4n) is 1.42. The molecule has 2 heterocycles. The number of aromatic nitrogens is 4. The Morgan fingerprint density at radius 3 is 2.74 bits per heavy atom. The maximum Gasteiger partial charge on any atom is 0.261 e. The molecule has 0 radical (unpaired) electrons. The maximum absolute atomic E-state index is 12.0. The fourth-order valence-corrected chi connectivity index (χ4v) is 2.84. The second kappa shape index (κ2) is 5.24. The van der Waals surface area contributed by atoms with E-state index in [0.717, 1.165) is 0 Å². The molecule has 19 heavy (non-hydrogen) atoms. The first-order chi connectivity index (χ1) is 8.90. The van der Waals surface area contributed by atoms with Crippen LogP contribution in [-0.2, 0) is 23.6 Å². The van der Waals surface area contributed by atoms with Crippen LogP contribution in [0.2, 0.25) is 5.15 Å². The Morgan fingerprint density at radius 2 is 2.16 bits per heavy atom. The van der Waals surface area contributed by atoms with Crippen LogP contribution in [0.15, 0.2) is 23.6 Å². The molecule has 0 spiro atoms. The van der Waals surface area contributed by atoms with Gasteiger partial charge in [-0.2, -0.15) is 0 Å². The van der Waals surface area contributed by atoms with Crippen molar-refractivity contribution in [2.75, 3.05) is 0 Å². The highest BCUT2D eigenvalue weighted by Crippen LogP contribution is 2.18. The Morgan fingerprint density at radius 1 is 1.42 bits per heavy atom. The minimum Gasteiger partial charge on any atom is -0.324 e. The summed E-state index contributed by atoms with van der Waals surface area (Å²) in [5.41, 5.74) is 0.572. The van der Waals surface area contributed by atoms with Crippen molar-refractivity contribution >= 4 is 21.6 Å². The van der Waals surface area contributed by atoms with Crippen LogP contribution in [0.4, 0.5) is 0 Å². The normalized spacial score (nSPS) is 11.7. The van der Waals surface area contributed by atoms with Crippen LogP contribution in [0, 0.1) is 6.92 Å². The van der Waals surface area contributed by atoms with E-state index in [2.05, 4.69) is 19.7 Å². The van der Waals surface area contributed by atoms with Crippen LogP contribution < -0.4 is 4.72 Å². The van der Waals surface area contributed by atoms with Crippen molar-refractivity contribution in [3.8, 4) is 0 Å². The van der Waals surface area contributed by atoms with Gasteiger partial charge in [0.2, 0.25) is 5.03 Å². The Balaban J connectivity index is 2.17. The second-order valence-electron chi connectivity index (χ2n) is 3.87. The SMILES string of the molecule is Cc1nccc(CNS(=O)(=O)c2ncn(C)c2Cl)n1. The largest absolute Gasteiger partial charge is 0.324 e. The molecule has 2 aromatic rings. The van der Waals surface area contributed by atoms with Gasteiger partial charge in [0.05, 0.1) is 18.6 Å². The smallest absolute Gasteiger partial charge is 0.261 e. The van der Waals surface area contributed by atoms with Crippen molar-refractivity contribution in [2.24, 2.45) is 7.05 Å².